The highest BCUT2D eigenvalue weighted by molar-refractivity contribution is 6.02. The number of ether oxygens (including phenoxy) is 2. The first-order valence-corrected chi connectivity index (χ1v) is 9.15. The summed E-state index contributed by atoms with van der Waals surface area (Å²) in [6, 6.07) is 19.3. The molecule has 0 bridgehead atoms. The van der Waals surface area contributed by atoms with Crippen molar-refractivity contribution in [3.05, 3.63) is 95.7 Å². The lowest BCUT2D eigenvalue weighted by atomic mass is 10.1. The van der Waals surface area contributed by atoms with E-state index < -0.39 is 24.0 Å². The van der Waals surface area contributed by atoms with E-state index in [4.69, 9.17) is 4.74 Å². The molecule has 6 nitrogen and oxygen atoms in total. The summed E-state index contributed by atoms with van der Waals surface area (Å²) >= 11 is 0. The quantitative estimate of drug-likeness (QED) is 0.489. The lowest BCUT2D eigenvalue weighted by Crippen LogP contribution is -2.27. The predicted octanol–water partition coefficient (Wildman–Crippen LogP) is 5.23. The number of carbonyl (C=O) groups excluding carboxylic acids is 1. The summed E-state index contributed by atoms with van der Waals surface area (Å²) in [5.41, 5.74) is 0.363. The lowest BCUT2D eigenvalue weighted by molar-refractivity contribution is -0.275. The van der Waals surface area contributed by atoms with Crippen molar-refractivity contribution in [3.63, 3.8) is 0 Å². The van der Waals surface area contributed by atoms with E-state index in [-0.39, 0.29) is 17.2 Å². The number of amides is 1. The molecule has 0 radical (unpaired) electrons. The highest BCUT2D eigenvalue weighted by atomic mass is 19.4. The standard InChI is InChI=1S/C23H16F3NO5/c24-23(25,26)32-20-9-5-4-8-19(20)31-17-12-10-15(11-13-17)14-18(22(29)30)27-21(28)16-6-2-1-3-7-16/h1-14H,(H,27,28)(H,29,30)/b18-14+. The van der Waals surface area contributed by atoms with E-state index in [2.05, 4.69) is 10.1 Å². The molecule has 0 aliphatic heterocycles. The number of hydrogen-bond acceptors (Lipinski definition) is 4. The van der Waals surface area contributed by atoms with Gasteiger partial charge in [-0.1, -0.05) is 42.5 Å². The Kier molecular flexibility index (Phi) is 6.79. The van der Waals surface area contributed by atoms with Crippen LogP contribution in [0.5, 0.6) is 17.2 Å². The van der Waals surface area contributed by atoms with Gasteiger partial charge in [-0.15, -0.1) is 13.2 Å². The minimum Gasteiger partial charge on any atom is -0.477 e. The molecule has 1 amide bonds. The fourth-order valence-electron chi connectivity index (χ4n) is 2.60. The molecule has 3 rings (SSSR count). The number of para-hydroxylation sites is 2. The van der Waals surface area contributed by atoms with Crippen LogP contribution < -0.4 is 14.8 Å². The van der Waals surface area contributed by atoms with Gasteiger partial charge in [0.15, 0.2) is 11.5 Å². The van der Waals surface area contributed by atoms with E-state index in [1.165, 1.54) is 48.5 Å². The molecule has 0 heterocycles. The lowest BCUT2D eigenvalue weighted by Gasteiger charge is -2.13. The number of nitrogens with one attached hydrogen (secondary N) is 1. The third-order valence-electron chi connectivity index (χ3n) is 4.01. The molecular formula is C23H16F3NO5. The number of carboxylic acid groups (broad SMARTS) is 1. The SMILES string of the molecule is O=C(O)/C(=C\c1ccc(Oc2ccccc2OC(F)(F)F)cc1)NC(=O)c1ccccc1. The van der Waals surface area contributed by atoms with Crippen LogP contribution in [0.1, 0.15) is 15.9 Å². The molecule has 0 aliphatic carbocycles. The summed E-state index contributed by atoms with van der Waals surface area (Å²) in [7, 11) is 0. The zero-order chi connectivity index (χ0) is 23.1. The van der Waals surface area contributed by atoms with Crippen molar-refractivity contribution >= 4 is 18.0 Å². The van der Waals surface area contributed by atoms with Gasteiger partial charge >= 0.3 is 12.3 Å². The molecule has 0 saturated carbocycles. The van der Waals surface area contributed by atoms with E-state index >= 15 is 0 Å². The van der Waals surface area contributed by atoms with Gasteiger partial charge in [-0.2, -0.15) is 0 Å². The van der Waals surface area contributed by atoms with E-state index in [0.29, 0.717) is 11.1 Å². The second kappa shape index (κ2) is 9.69. The van der Waals surface area contributed by atoms with E-state index in [9.17, 15) is 27.9 Å². The minimum atomic E-state index is -4.87. The van der Waals surface area contributed by atoms with Crippen LogP contribution in [0.4, 0.5) is 13.2 Å². The fourth-order valence-corrected chi connectivity index (χ4v) is 2.60. The Morgan fingerprint density at radius 2 is 1.44 bits per heavy atom. The Morgan fingerprint density at radius 1 is 0.844 bits per heavy atom. The van der Waals surface area contributed by atoms with Crippen molar-refractivity contribution in [3.8, 4) is 17.2 Å². The summed E-state index contributed by atoms with van der Waals surface area (Å²) < 4.78 is 47.0. The Hall–Kier alpha value is -4.27. The third-order valence-corrected chi connectivity index (χ3v) is 4.01. The van der Waals surface area contributed by atoms with Gasteiger partial charge < -0.3 is 19.9 Å². The molecule has 2 N–H and O–H groups in total. The summed E-state index contributed by atoms with van der Waals surface area (Å²) in [5, 5.41) is 11.7. The Balaban J connectivity index is 1.75. The average molecular weight is 443 g/mol. The third kappa shape index (κ3) is 6.36. The fraction of sp³-hybridized carbons (Fsp3) is 0.0435. The average Bonchev–Trinajstić information content (AvgIpc) is 2.75. The predicted molar refractivity (Wildman–Crippen MR) is 109 cm³/mol. The molecule has 0 aromatic heterocycles. The van der Waals surface area contributed by atoms with Crippen LogP contribution in [0.2, 0.25) is 0 Å². The smallest absolute Gasteiger partial charge is 0.477 e. The number of halogens is 3. The number of carbonyl (C=O) groups is 2. The van der Waals surface area contributed by atoms with Crippen LogP contribution in [0.3, 0.4) is 0 Å². The van der Waals surface area contributed by atoms with Gasteiger partial charge in [0.25, 0.3) is 5.91 Å². The topological polar surface area (TPSA) is 84.9 Å². The van der Waals surface area contributed by atoms with Crippen LogP contribution in [-0.2, 0) is 4.79 Å². The monoisotopic (exact) mass is 443 g/mol. The van der Waals surface area contributed by atoms with Gasteiger partial charge in [-0.3, -0.25) is 4.79 Å². The molecule has 0 fully saturated rings. The maximum absolute atomic E-state index is 12.5. The second-order valence-electron chi connectivity index (χ2n) is 6.35. The van der Waals surface area contributed by atoms with Crippen LogP contribution in [0, 0.1) is 0 Å². The number of alkyl halides is 3. The maximum Gasteiger partial charge on any atom is 0.573 e. The molecule has 32 heavy (non-hydrogen) atoms. The van der Waals surface area contributed by atoms with Crippen molar-refractivity contribution in [2.75, 3.05) is 0 Å². The van der Waals surface area contributed by atoms with Gasteiger partial charge in [-0.05, 0) is 48.0 Å². The summed E-state index contributed by atoms with van der Waals surface area (Å²) in [6.45, 7) is 0. The Morgan fingerprint density at radius 3 is 2.03 bits per heavy atom. The van der Waals surface area contributed by atoms with Crippen molar-refractivity contribution in [2.24, 2.45) is 0 Å². The Labute approximate surface area is 180 Å². The van der Waals surface area contributed by atoms with Crippen LogP contribution in [0.25, 0.3) is 6.08 Å². The van der Waals surface area contributed by atoms with E-state index in [0.717, 1.165) is 6.07 Å². The van der Waals surface area contributed by atoms with Crippen LogP contribution in [0.15, 0.2) is 84.6 Å². The molecule has 0 aliphatic rings. The van der Waals surface area contributed by atoms with Gasteiger partial charge in [0.05, 0.1) is 0 Å². The molecule has 9 heteroatoms. The highest BCUT2D eigenvalue weighted by Gasteiger charge is 2.32. The van der Waals surface area contributed by atoms with Gasteiger partial charge in [0, 0.05) is 5.56 Å². The molecule has 3 aromatic carbocycles. The molecule has 164 valence electrons. The number of aliphatic carboxylic acids is 1. The summed E-state index contributed by atoms with van der Waals surface area (Å²) in [6.07, 6.45) is -3.63. The minimum absolute atomic E-state index is 0.144. The van der Waals surface area contributed by atoms with Crippen molar-refractivity contribution < 1.29 is 37.3 Å². The first-order chi connectivity index (χ1) is 15.2. The molecule has 3 aromatic rings. The van der Waals surface area contributed by atoms with Crippen molar-refractivity contribution in [2.45, 2.75) is 6.36 Å². The first-order valence-electron chi connectivity index (χ1n) is 9.15. The summed E-state index contributed by atoms with van der Waals surface area (Å²) in [4.78, 5) is 23.7. The molecule has 0 saturated heterocycles. The molecule has 0 unspecified atom stereocenters. The van der Waals surface area contributed by atoms with E-state index in [1.807, 2.05) is 0 Å². The first kappa shape index (κ1) is 22.4. The molecule has 0 atom stereocenters. The van der Waals surface area contributed by atoms with Gasteiger partial charge in [-0.25, -0.2) is 4.79 Å². The van der Waals surface area contributed by atoms with Crippen LogP contribution in [-0.4, -0.2) is 23.3 Å². The number of hydrogen-bond donors (Lipinski definition) is 2. The second-order valence-corrected chi connectivity index (χ2v) is 6.35. The zero-order valence-electron chi connectivity index (χ0n) is 16.3. The number of rotatable bonds is 7. The highest BCUT2D eigenvalue weighted by Crippen LogP contribution is 2.34. The normalized spacial score (nSPS) is 11.5. The maximum atomic E-state index is 12.5. The molecule has 0 spiro atoms. The largest absolute Gasteiger partial charge is 0.573 e. The Bertz CT molecular complexity index is 1130. The van der Waals surface area contributed by atoms with Gasteiger partial charge in [0.2, 0.25) is 0 Å². The van der Waals surface area contributed by atoms with Crippen molar-refractivity contribution in [1.29, 1.82) is 0 Å². The number of carboxylic acids is 1. The zero-order valence-corrected chi connectivity index (χ0v) is 16.3. The van der Waals surface area contributed by atoms with Crippen molar-refractivity contribution in [1.82, 2.24) is 5.32 Å². The molecular weight excluding hydrogens is 427 g/mol. The van der Waals surface area contributed by atoms with Gasteiger partial charge in [0.1, 0.15) is 11.4 Å². The van der Waals surface area contributed by atoms with Crippen LogP contribution >= 0.6 is 0 Å². The summed E-state index contributed by atoms with van der Waals surface area (Å²) in [5.74, 6) is -2.37. The number of benzene rings is 3. The van der Waals surface area contributed by atoms with E-state index in [1.54, 1.807) is 30.3 Å².